The Balaban J connectivity index is 1.34. The van der Waals surface area contributed by atoms with Gasteiger partial charge in [0.2, 0.25) is 0 Å². The van der Waals surface area contributed by atoms with Crippen LogP contribution in [0.2, 0.25) is 0 Å². The number of para-hydroxylation sites is 3. The van der Waals surface area contributed by atoms with Gasteiger partial charge in [-0.3, -0.25) is 0 Å². The van der Waals surface area contributed by atoms with Crippen molar-refractivity contribution in [1.82, 2.24) is 4.98 Å². The Hall–Kier alpha value is -5.08. The number of fused-ring (bicyclic) bond motifs is 3. The highest BCUT2D eigenvalue weighted by Gasteiger charge is 2.15. The average Bonchev–Trinajstić information content (AvgIpc) is 3.38. The van der Waals surface area contributed by atoms with E-state index in [1.54, 1.807) is 0 Å². The molecule has 0 saturated heterocycles. The fraction of sp³-hybridized carbons (Fsp3) is 0. The number of rotatable bonds is 5. The second-order valence-corrected chi connectivity index (χ2v) is 9.50. The molecular formula is C36H26N2. The molecule has 6 aromatic carbocycles. The molecule has 0 fully saturated rings. The molecule has 1 aromatic heterocycles. The molecule has 0 radical (unpaired) electrons. The van der Waals surface area contributed by atoms with Crippen molar-refractivity contribution in [2.45, 2.75) is 0 Å². The monoisotopic (exact) mass is 486 g/mol. The van der Waals surface area contributed by atoms with Crippen molar-refractivity contribution < 1.29 is 0 Å². The molecule has 0 atom stereocenters. The van der Waals surface area contributed by atoms with E-state index in [1.807, 2.05) is 0 Å². The van der Waals surface area contributed by atoms with Crippen LogP contribution in [0.5, 0.6) is 0 Å². The fourth-order valence-corrected chi connectivity index (χ4v) is 5.49. The molecule has 1 N–H and O–H groups in total. The van der Waals surface area contributed by atoms with Crippen molar-refractivity contribution in [2.75, 3.05) is 4.90 Å². The van der Waals surface area contributed by atoms with E-state index in [9.17, 15) is 0 Å². The molecule has 38 heavy (non-hydrogen) atoms. The molecule has 0 aliphatic heterocycles. The van der Waals surface area contributed by atoms with Crippen molar-refractivity contribution in [3.05, 3.63) is 152 Å². The van der Waals surface area contributed by atoms with Gasteiger partial charge in [0, 0.05) is 38.9 Å². The van der Waals surface area contributed by atoms with E-state index in [0.717, 1.165) is 22.6 Å². The lowest BCUT2D eigenvalue weighted by Crippen LogP contribution is -2.09. The second-order valence-electron chi connectivity index (χ2n) is 9.50. The summed E-state index contributed by atoms with van der Waals surface area (Å²) in [4.78, 5) is 5.89. The van der Waals surface area contributed by atoms with Crippen LogP contribution in [0.25, 0.3) is 44.1 Å². The first kappa shape index (κ1) is 22.1. The third-order valence-corrected chi connectivity index (χ3v) is 7.21. The van der Waals surface area contributed by atoms with Crippen LogP contribution in [0.3, 0.4) is 0 Å². The number of nitrogens with one attached hydrogen (secondary N) is 1. The first-order valence-corrected chi connectivity index (χ1v) is 13.0. The van der Waals surface area contributed by atoms with E-state index in [0.29, 0.717) is 0 Å². The fourth-order valence-electron chi connectivity index (χ4n) is 5.49. The Bertz CT molecular complexity index is 1810. The lowest BCUT2D eigenvalue weighted by Gasteiger charge is -2.25. The van der Waals surface area contributed by atoms with Gasteiger partial charge >= 0.3 is 0 Å². The van der Waals surface area contributed by atoms with E-state index in [-0.39, 0.29) is 0 Å². The summed E-state index contributed by atoms with van der Waals surface area (Å²) in [7, 11) is 0. The average molecular weight is 487 g/mol. The maximum atomic E-state index is 3.59. The molecule has 7 aromatic rings. The number of benzene rings is 6. The zero-order valence-electron chi connectivity index (χ0n) is 20.9. The topological polar surface area (TPSA) is 19.0 Å². The van der Waals surface area contributed by atoms with Crippen molar-refractivity contribution in [3.63, 3.8) is 0 Å². The van der Waals surface area contributed by atoms with Crippen LogP contribution in [0.4, 0.5) is 17.1 Å². The number of hydrogen-bond acceptors (Lipinski definition) is 1. The Kier molecular flexibility index (Phi) is 5.49. The summed E-state index contributed by atoms with van der Waals surface area (Å²) in [5, 5.41) is 2.52. The van der Waals surface area contributed by atoms with Gasteiger partial charge < -0.3 is 9.88 Å². The zero-order valence-corrected chi connectivity index (χ0v) is 20.9. The lowest BCUT2D eigenvalue weighted by atomic mass is 9.92. The first-order valence-electron chi connectivity index (χ1n) is 13.0. The molecular weight excluding hydrogens is 460 g/mol. The van der Waals surface area contributed by atoms with Gasteiger partial charge in [0.15, 0.2) is 0 Å². The van der Waals surface area contributed by atoms with Crippen LogP contribution in [-0.2, 0) is 0 Å². The van der Waals surface area contributed by atoms with Crippen LogP contribution >= 0.6 is 0 Å². The van der Waals surface area contributed by atoms with E-state index >= 15 is 0 Å². The van der Waals surface area contributed by atoms with Gasteiger partial charge in [-0.25, -0.2) is 0 Å². The summed E-state index contributed by atoms with van der Waals surface area (Å²) in [6.07, 6.45) is 0. The molecule has 0 saturated carbocycles. The minimum absolute atomic E-state index is 1.13. The van der Waals surface area contributed by atoms with Gasteiger partial charge in [0.1, 0.15) is 0 Å². The number of hydrogen-bond donors (Lipinski definition) is 1. The second kappa shape index (κ2) is 9.42. The number of aromatic amines is 1. The molecule has 2 heteroatoms. The predicted molar refractivity (Wildman–Crippen MR) is 161 cm³/mol. The Morgan fingerprint density at radius 3 is 1.61 bits per heavy atom. The molecule has 7 rings (SSSR count). The molecule has 1 heterocycles. The first-order chi connectivity index (χ1) is 18.9. The normalized spacial score (nSPS) is 11.2. The van der Waals surface area contributed by atoms with Crippen LogP contribution in [-0.4, -0.2) is 4.98 Å². The summed E-state index contributed by atoms with van der Waals surface area (Å²) < 4.78 is 0. The Morgan fingerprint density at radius 2 is 0.895 bits per heavy atom. The lowest BCUT2D eigenvalue weighted by molar-refractivity contribution is 1.28. The Morgan fingerprint density at radius 1 is 0.368 bits per heavy atom. The number of anilines is 3. The summed E-state index contributed by atoms with van der Waals surface area (Å²) >= 11 is 0. The SMILES string of the molecule is c1ccc(N(c2ccccc2)c2ccc(-c3ccccc3-c3cccc4[nH]c5ccccc5c34)cc2)cc1. The highest BCUT2D eigenvalue weighted by molar-refractivity contribution is 6.15. The van der Waals surface area contributed by atoms with Crippen LogP contribution in [0.1, 0.15) is 0 Å². The van der Waals surface area contributed by atoms with Crippen molar-refractivity contribution in [1.29, 1.82) is 0 Å². The maximum Gasteiger partial charge on any atom is 0.0471 e. The predicted octanol–water partition coefficient (Wildman–Crippen LogP) is 10.1. The van der Waals surface area contributed by atoms with E-state index in [1.165, 1.54) is 38.5 Å². The molecule has 0 unspecified atom stereocenters. The highest BCUT2D eigenvalue weighted by Crippen LogP contribution is 2.40. The van der Waals surface area contributed by atoms with Crippen LogP contribution in [0.15, 0.2) is 152 Å². The maximum absolute atomic E-state index is 3.59. The summed E-state index contributed by atoms with van der Waals surface area (Å²) in [6.45, 7) is 0. The minimum atomic E-state index is 1.13. The van der Waals surface area contributed by atoms with Gasteiger partial charge in [-0.1, -0.05) is 103 Å². The van der Waals surface area contributed by atoms with Gasteiger partial charge in [0.25, 0.3) is 0 Å². The van der Waals surface area contributed by atoms with E-state index < -0.39 is 0 Å². The number of nitrogens with zero attached hydrogens (tertiary/aromatic N) is 1. The van der Waals surface area contributed by atoms with E-state index in [4.69, 9.17) is 0 Å². The highest BCUT2D eigenvalue weighted by atomic mass is 15.1. The standard InChI is InChI=1S/C36H26N2/c1-3-12-27(13-4-1)38(28-14-5-2-6-15-28)29-24-22-26(23-25-29)30-16-7-8-17-31(30)32-19-11-21-35-36(32)33-18-9-10-20-34(33)37-35/h1-25,37H. The van der Waals surface area contributed by atoms with Crippen molar-refractivity contribution >= 4 is 38.9 Å². The quantitative estimate of drug-likeness (QED) is 0.256. The van der Waals surface area contributed by atoms with Gasteiger partial charge in [-0.15, -0.1) is 0 Å². The molecule has 0 amide bonds. The molecule has 0 aliphatic rings. The molecule has 2 nitrogen and oxygen atoms in total. The summed E-state index contributed by atoms with van der Waals surface area (Å²) in [6, 6.07) is 53.8. The van der Waals surface area contributed by atoms with Crippen molar-refractivity contribution in [3.8, 4) is 22.3 Å². The largest absolute Gasteiger partial charge is 0.354 e. The minimum Gasteiger partial charge on any atom is -0.354 e. The number of H-pyrrole nitrogens is 1. The molecule has 0 spiro atoms. The number of aromatic nitrogens is 1. The molecule has 0 bridgehead atoms. The van der Waals surface area contributed by atoms with Gasteiger partial charge in [-0.05, 0) is 70.8 Å². The molecule has 0 aliphatic carbocycles. The summed E-state index contributed by atoms with van der Waals surface area (Å²) in [5.41, 5.74) is 10.6. The van der Waals surface area contributed by atoms with Crippen LogP contribution in [0, 0.1) is 0 Å². The van der Waals surface area contributed by atoms with Gasteiger partial charge in [0.05, 0.1) is 0 Å². The van der Waals surface area contributed by atoms with E-state index in [2.05, 4.69) is 162 Å². The Labute approximate surface area is 222 Å². The van der Waals surface area contributed by atoms with Gasteiger partial charge in [-0.2, -0.15) is 0 Å². The third kappa shape index (κ3) is 3.84. The smallest absolute Gasteiger partial charge is 0.0471 e. The van der Waals surface area contributed by atoms with Crippen LogP contribution < -0.4 is 4.90 Å². The third-order valence-electron chi connectivity index (χ3n) is 7.21. The molecule has 180 valence electrons. The van der Waals surface area contributed by atoms with Crippen molar-refractivity contribution in [2.24, 2.45) is 0 Å². The zero-order chi connectivity index (χ0) is 25.3. The summed E-state index contributed by atoms with van der Waals surface area (Å²) in [5.74, 6) is 0.